The second-order valence-corrected chi connectivity index (χ2v) is 7.79. The van der Waals surface area contributed by atoms with Crippen molar-refractivity contribution in [1.29, 1.82) is 0 Å². The molecular formula is C22H26N4O2S. The molecule has 0 aliphatic carbocycles. The Kier molecular flexibility index (Phi) is 7.30. The quantitative estimate of drug-likeness (QED) is 0.545. The summed E-state index contributed by atoms with van der Waals surface area (Å²) in [6.07, 6.45) is 1.85. The highest BCUT2D eigenvalue weighted by atomic mass is 32.2. The van der Waals surface area contributed by atoms with Gasteiger partial charge in [0.1, 0.15) is 5.75 Å². The van der Waals surface area contributed by atoms with Gasteiger partial charge in [0, 0.05) is 13.1 Å². The van der Waals surface area contributed by atoms with Crippen LogP contribution in [0.4, 0.5) is 0 Å². The highest BCUT2D eigenvalue weighted by Gasteiger charge is 2.16. The summed E-state index contributed by atoms with van der Waals surface area (Å²) in [4.78, 5) is 12.3. The van der Waals surface area contributed by atoms with Crippen LogP contribution >= 0.6 is 11.8 Å². The zero-order valence-corrected chi connectivity index (χ0v) is 17.8. The van der Waals surface area contributed by atoms with Gasteiger partial charge in [-0.1, -0.05) is 54.2 Å². The molecule has 3 aromatic rings. The first-order valence-corrected chi connectivity index (χ1v) is 10.6. The lowest BCUT2D eigenvalue weighted by Gasteiger charge is -2.13. The van der Waals surface area contributed by atoms with Gasteiger partial charge in [-0.3, -0.25) is 4.79 Å². The van der Waals surface area contributed by atoms with Crippen LogP contribution in [0.25, 0.3) is 11.4 Å². The molecule has 1 amide bonds. The molecule has 1 N–H and O–H groups in total. The molecular weight excluding hydrogens is 384 g/mol. The summed E-state index contributed by atoms with van der Waals surface area (Å²) in [6.45, 7) is 2.04. The van der Waals surface area contributed by atoms with E-state index in [0.29, 0.717) is 16.7 Å². The van der Waals surface area contributed by atoms with Gasteiger partial charge in [-0.05, 0) is 37.5 Å². The summed E-state index contributed by atoms with van der Waals surface area (Å²) >= 11 is 1.38. The largest absolute Gasteiger partial charge is 0.496 e. The van der Waals surface area contributed by atoms with Crippen molar-refractivity contribution >= 4 is 17.7 Å². The van der Waals surface area contributed by atoms with Crippen molar-refractivity contribution in [2.45, 2.75) is 31.0 Å². The third-order valence-electron chi connectivity index (χ3n) is 4.63. The minimum atomic E-state index is -0.00240. The van der Waals surface area contributed by atoms with Crippen molar-refractivity contribution in [2.75, 3.05) is 12.9 Å². The number of carbonyl (C=O) groups excluding carboxylic acids is 1. The van der Waals surface area contributed by atoms with Crippen molar-refractivity contribution in [2.24, 2.45) is 7.05 Å². The Balaban J connectivity index is 1.52. The number of rotatable bonds is 9. The fourth-order valence-electron chi connectivity index (χ4n) is 3.05. The van der Waals surface area contributed by atoms with Gasteiger partial charge in [0.05, 0.1) is 18.4 Å². The summed E-state index contributed by atoms with van der Waals surface area (Å²) < 4.78 is 7.29. The van der Waals surface area contributed by atoms with E-state index in [-0.39, 0.29) is 11.9 Å². The van der Waals surface area contributed by atoms with Crippen molar-refractivity contribution in [3.05, 3.63) is 60.2 Å². The first-order valence-electron chi connectivity index (χ1n) is 9.57. The summed E-state index contributed by atoms with van der Waals surface area (Å²) in [5.41, 5.74) is 2.15. The molecule has 0 radical (unpaired) electrons. The van der Waals surface area contributed by atoms with Gasteiger partial charge in [-0.25, -0.2) is 0 Å². The molecule has 0 bridgehead atoms. The number of hydrogen-bond acceptors (Lipinski definition) is 5. The molecule has 0 aliphatic heterocycles. The maximum atomic E-state index is 12.3. The third-order valence-corrected chi connectivity index (χ3v) is 5.65. The van der Waals surface area contributed by atoms with Crippen molar-refractivity contribution in [1.82, 2.24) is 20.1 Å². The zero-order chi connectivity index (χ0) is 20.6. The van der Waals surface area contributed by atoms with Crippen LogP contribution < -0.4 is 10.1 Å². The molecule has 7 heteroatoms. The maximum absolute atomic E-state index is 12.3. The summed E-state index contributed by atoms with van der Waals surface area (Å²) in [6, 6.07) is 18.1. The van der Waals surface area contributed by atoms with Gasteiger partial charge >= 0.3 is 0 Å². The first kappa shape index (κ1) is 20.9. The minimum absolute atomic E-state index is 0.00240. The number of hydrogen-bond donors (Lipinski definition) is 1. The van der Waals surface area contributed by atoms with E-state index in [1.165, 1.54) is 17.3 Å². The van der Waals surface area contributed by atoms with E-state index >= 15 is 0 Å². The van der Waals surface area contributed by atoms with E-state index in [0.717, 1.165) is 24.2 Å². The van der Waals surface area contributed by atoms with E-state index in [1.807, 2.05) is 61.0 Å². The van der Waals surface area contributed by atoms with E-state index in [1.54, 1.807) is 7.11 Å². The molecule has 1 heterocycles. The molecule has 6 nitrogen and oxygen atoms in total. The van der Waals surface area contributed by atoms with Gasteiger partial charge in [0.25, 0.3) is 0 Å². The van der Waals surface area contributed by atoms with E-state index < -0.39 is 0 Å². The highest BCUT2D eigenvalue weighted by molar-refractivity contribution is 7.99. The molecule has 0 fully saturated rings. The third kappa shape index (κ3) is 5.60. The molecule has 0 saturated carbocycles. The Morgan fingerprint density at radius 3 is 2.62 bits per heavy atom. The molecule has 0 aliphatic rings. The lowest BCUT2D eigenvalue weighted by molar-refractivity contribution is -0.119. The molecule has 29 heavy (non-hydrogen) atoms. The van der Waals surface area contributed by atoms with Crippen LogP contribution in [-0.4, -0.2) is 39.6 Å². The number of para-hydroxylation sites is 1. The number of amides is 1. The summed E-state index contributed by atoms with van der Waals surface area (Å²) in [5.74, 6) is 1.75. The van der Waals surface area contributed by atoms with Gasteiger partial charge in [-0.15, -0.1) is 10.2 Å². The van der Waals surface area contributed by atoms with E-state index in [4.69, 9.17) is 4.74 Å². The predicted molar refractivity (Wildman–Crippen MR) is 116 cm³/mol. The van der Waals surface area contributed by atoms with Crippen LogP contribution in [0.1, 0.15) is 18.9 Å². The van der Waals surface area contributed by atoms with Crippen LogP contribution in [0.15, 0.2) is 59.8 Å². The van der Waals surface area contributed by atoms with Crippen LogP contribution in [0.2, 0.25) is 0 Å². The molecule has 2 aromatic carbocycles. The Hall–Kier alpha value is -2.80. The maximum Gasteiger partial charge on any atom is 0.230 e. The van der Waals surface area contributed by atoms with Crippen LogP contribution in [0, 0.1) is 0 Å². The second kappa shape index (κ2) is 10.1. The molecule has 1 aromatic heterocycles. The number of ether oxygens (including phenoxy) is 1. The number of nitrogens with one attached hydrogen (secondary N) is 1. The fraction of sp³-hybridized carbons (Fsp3) is 0.318. The number of aromatic nitrogens is 3. The Morgan fingerprint density at radius 2 is 1.86 bits per heavy atom. The van der Waals surface area contributed by atoms with Crippen LogP contribution in [0.3, 0.4) is 0 Å². The average molecular weight is 411 g/mol. The number of methoxy groups -OCH3 is 1. The van der Waals surface area contributed by atoms with Crippen molar-refractivity contribution < 1.29 is 9.53 Å². The molecule has 1 atom stereocenters. The smallest absolute Gasteiger partial charge is 0.230 e. The topological polar surface area (TPSA) is 69.0 Å². The lowest BCUT2D eigenvalue weighted by Crippen LogP contribution is -2.34. The number of nitrogens with zero attached hydrogens (tertiary/aromatic N) is 3. The molecule has 0 unspecified atom stereocenters. The highest BCUT2D eigenvalue weighted by Crippen LogP contribution is 2.29. The molecule has 3 rings (SSSR count). The summed E-state index contributed by atoms with van der Waals surface area (Å²) in [5, 5.41) is 12.3. The monoisotopic (exact) mass is 410 g/mol. The van der Waals surface area contributed by atoms with Crippen LogP contribution in [-0.2, 0) is 18.3 Å². The van der Waals surface area contributed by atoms with E-state index in [9.17, 15) is 4.79 Å². The standard InChI is InChI=1S/C22H26N4O2S/c1-16(13-14-17-9-5-4-6-10-17)23-20(27)15-29-22-25-24-21(26(22)2)18-11-7-8-12-19(18)28-3/h4-12,16H,13-15H2,1-3H3,(H,23,27)/t16-/m1/s1. The number of benzene rings is 2. The SMILES string of the molecule is COc1ccccc1-c1nnc(SCC(=O)N[C@H](C)CCc2ccccc2)n1C. The van der Waals surface area contributed by atoms with Crippen molar-refractivity contribution in [3.8, 4) is 17.1 Å². The van der Waals surface area contributed by atoms with Gasteiger partial charge in [-0.2, -0.15) is 0 Å². The Bertz CT molecular complexity index is 943. The number of carbonyl (C=O) groups is 1. The molecule has 0 spiro atoms. The van der Waals surface area contributed by atoms with E-state index in [2.05, 4.69) is 27.6 Å². The van der Waals surface area contributed by atoms with Gasteiger partial charge in [0.15, 0.2) is 11.0 Å². The summed E-state index contributed by atoms with van der Waals surface area (Å²) in [7, 11) is 3.53. The van der Waals surface area contributed by atoms with Crippen molar-refractivity contribution in [3.63, 3.8) is 0 Å². The van der Waals surface area contributed by atoms with Gasteiger partial charge < -0.3 is 14.6 Å². The lowest BCUT2D eigenvalue weighted by atomic mass is 10.1. The Labute approximate surface area is 175 Å². The second-order valence-electron chi connectivity index (χ2n) is 6.85. The average Bonchev–Trinajstić information content (AvgIpc) is 3.11. The fourth-order valence-corrected chi connectivity index (χ4v) is 3.77. The number of aryl methyl sites for hydroxylation is 1. The Morgan fingerprint density at radius 1 is 1.14 bits per heavy atom. The first-order chi connectivity index (χ1) is 14.1. The van der Waals surface area contributed by atoms with Gasteiger partial charge in [0.2, 0.25) is 5.91 Å². The molecule has 0 saturated heterocycles. The molecule has 152 valence electrons. The predicted octanol–water partition coefficient (Wildman–Crippen LogP) is 3.72. The zero-order valence-electron chi connectivity index (χ0n) is 17.0. The normalized spacial score (nSPS) is 11.8. The number of thioether (sulfide) groups is 1. The van der Waals surface area contributed by atoms with Crippen LogP contribution in [0.5, 0.6) is 5.75 Å². The minimum Gasteiger partial charge on any atom is -0.496 e.